The van der Waals surface area contributed by atoms with Crippen LogP contribution in [0.3, 0.4) is 0 Å². The number of hydrogen-bond acceptors (Lipinski definition) is 4. The van der Waals surface area contributed by atoms with E-state index in [-0.39, 0.29) is 5.71 Å². The van der Waals surface area contributed by atoms with Crippen LogP contribution in [0, 0.1) is 0 Å². The minimum absolute atomic E-state index is 0.297. The van der Waals surface area contributed by atoms with Crippen LogP contribution < -0.4 is 16.5 Å². The summed E-state index contributed by atoms with van der Waals surface area (Å²) in [5, 5.41) is 15.3. The van der Waals surface area contributed by atoms with Crippen LogP contribution in [0.5, 0.6) is 0 Å². The normalized spacial score (nSPS) is 10.8. The van der Waals surface area contributed by atoms with E-state index in [1.165, 1.54) is 0 Å². The number of benzene rings is 1. The topological polar surface area (TPSA) is 117 Å². The fraction of sp³-hybridized carbons (Fsp3) is 0.100. The summed E-state index contributed by atoms with van der Waals surface area (Å²) in [6.07, 6.45) is 0. The Bertz CT molecular complexity index is 470. The van der Waals surface area contributed by atoms with Gasteiger partial charge in [0.1, 0.15) is 0 Å². The number of carboxylic acid groups (broad SMARTS) is 1. The second kappa shape index (κ2) is 5.50. The maximum Gasteiger partial charge on any atom is 0.357 e. The second-order valence-corrected chi connectivity index (χ2v) is 3.04. The molecule has 5 N–H and O–H groups in total. The molecule has 0 radical (unpaired) electrons. The maximum atomic E-state index is 11.0. The smallest absolute Gasteiger partial charge is 0.357 e. The van der Waals surface area contributed by atoms with E-state index >= 15 is 0 Å². The Hall–Kier alpha value is -2.57. The molecule has 7 heteroatoms. The number of hydrazone groups is 1. The average molecular weight is 236 g/mol. The molecule has 0 spiro atoms. The molecule has 90 valence electrons. The van der Waals surface area contributed by atoms with Crippen molar-refractivity contribution >= 4 is 23.4 Å². The lowest BCUT2D eigenvalue weighted by molar-refractivity contribution is -0.129. The molecule has 0 aliphatic heterocycles. The molecule has 1 rings (SSSR count). The standard InChI is InChI=1S/C10H12N4O3/c1-12-7-5-3-2-4-6(7)8(9(15)16)13-14-10(11)17/h2-5,12H,1H3,(H,15,16)(H3,11,14,17). The molecule has 0 bridgehead atoms. The number of anilines is 1. The highest BCUT2D eigenvalue weighted by atomic mass is 16.4. The highest BCUT2D eigenvalue weighted by Crippen LogP contribution is 2.15. The molecule has 1 aromatic rings. The molecule has 0 aromatic heterocycles. The average Bonchev–Trinajstić information content (AvgIpc) is 2.29. The van der Waals surface area contributed by atoms with Crippen LogP contribution in [0.2, 0.25) is 0 Å². The maximum absolute atomic E-state index is 11.0. The van der Waals surface area contributed by atoms with E-state index in [0.29, 0.717) is 11.3 Å². The number of para-hydroxylation sites is 1. The molecule has 0 saturated carbocycles. The summed E-state index contributed by atoms with van der Waals surface area (Å²) in [7, 11) is 1.65. The quantitative estimate of drug-likeness (QED) is 0.440. The van der Waals surface area contributed by atoms with Gasteiger partial charge in [-0.05, 0) is 6.07 Å². The number of hydrogen-bond donors (Lipinski definition) is 4. The van der Waals surface area contributed by atoms with E-state index in [9.17, 15) is 9.59 Å². The van der Waals surface area contributed by atoms with Gasteiger partial charge in [-0.15, -0.1) is 0 Å². The van der Waals surface area contributed by atoms with Crippen molar-refractivity contribution in [1.29, 1.82) is 0 Å². The van der Waals surface area contributed by atoms with Gasteiger partial charge in [-0.1, -0.05) is 18.2 Å². The fourth-order valence-electron chi connectivity index (χ4n) is 1.24. The minimum Gasteiger partial charge on any atom is -0.476 e. The predicted octanol–water partition coefficient (Wildman–Crippen LogP) is 0.185. The van der Waals surface area contributed by atoms with Crippen molar-refractivity contribution in [3.63, 3.8) is 0 Å². The Kier molecular flexibility index (Phi) is 4.04. The number of primary amides is 1. The number of carbonyl (C=O) groups excluding carboxylic acids is 1. The number of carboxylic acids is 1. The van der Waals surface area contributed by atoms with Crippen LogP contribution in [0.4, 0.5) is 10.5 Å². The Morgan fingerprint density at radius 2 is 2.00 bits per heavy atom. The van der Waals surface area contributed by atoms with E-state index in [0.717, 1.165) is 0 Å². The molecular formula is C10H12N4O3. The summed E-state index contributed by atoms with van der Waals surface area (Å²) in [6, 6.07) is 5.75. The van der Waals surface area contributed by atoms with Crippen LogP contribution in [-0.4, -0.2) is 29.9 Å². The van der Waals surface area contributed by atoms with Crippen molar-refractivity contribution in [2.45, 2.75) is 0 Å². The first kappa shape index (κ1) is 12.5. The highest BCUT2D eigenvalue weighted by Gasteiger charge is 2.16. The molecule has 2 amide bonds. The minimum atomic E-state index is -1.26. The molecule has 0 fully saturated rings. The monoisotopic (exact) mass is 236 g/mol. The van der Waals surface area contributed by atoms with Crippen LogP contribution >= 0.6 is 0 Å². The number of carbonyl (C=O) groups is 2. The Morgan fingerprint density at radius 1 is 1.35 bits per heavy atom. The summed E-state index contributed by atoms with van der Waals surface area (Å²) in [6.45, 7) is 0. The van der Waals surface area contributed by atoms with E-state index in [2.05, 4.69) is 10.4 Å². The van der Waals surface area contributed by atoms with Gasteiger partial charge in [0.05, 0.1) is 0 Å². The number of urea groups is 1. The van der Waals surface area contributed by atoms with Gasteiger partial charge >= 0.3 is 12.0 Å². The van der Waals surface area contributed by atoms with Crippen molar-refractivity contribution in [3.05, 3.63) is 29.8 Å². The van der Waals surface area contributed by atoms with Crippen LogP contribution in [0.25, 0.3) is 0 Å². The first-order chi connectivity index (χ1) is 8.06. The summed E-state index contributed by atoms with van der Waals surface area (Å²) < 4.78 is 0. The van der Waals surface area contributed by atoms with Crippen molar-refractivity contribution < 1.29 is 14.7 Å². The third kappa shape index (κ3) is 3.20. The number of amides is 2. The van der Waals surface area contributed by atoms with Gasteiger partial charge in [0.25, 0.3) is 0 Å². The largest absolute Gasteiger partial charge is 0.476 e. The van der Waals surface area contributed by atoms with Crippen LogP contribution in [-0.2, 0) is 4.79 Å². The zero-order valence-corrected chi connectivity index (χ0v) is 9.10. The summed E-state index contributed by atoms with van der Waals surface area (Å²) in [5.74, 6) is -1.26. The molecule has 7 nitrogen and oxygen atoms in total. The fourth-order valence-corrected chi connectivity index (χ4v) is 1.24. The van der Waals surface area contributed by atoms with E-state index < -0.39 is 12.0 Å². The number of aliphatic carboxylic acids is 1. The first-order valence-electron chi connectivity index (χ1n) is 4.70. The zero-order valence-electron chi connectivity index (χ0n) is 9.10. The van der Waals surface area contributed by atoms with Crippen molar-refractivity contribution in [2.75, 3.05) is 12.4 Å². The van der Waals surface area contributed by atoms with Crippen molar-refractivity contribution in [2.24, 2.45) is 10.8 Å². The number of rotatable bonds is 4. The van der Waals surface area contributed by atoms with Gasteiger partial charge in [-0.2, -0.15) is 5.10 Å². The lowest BCUT2D eigenvalue weighted by Gasteiger charge is -2.08. The summed E-state index contributed by atoms with van der Waals surface area (Å²) in [4.78, 5) is 21.5. The van der Waals surface area contributed by atoms with E-state index in [1.54, 1.807) is 31.3 Å². The molecule has 17 heavy (non-hydrogen) atoms. The number of nitrogens with two attached hydrogens (primary N) is 1. The van der Waals surface area contributed by atoms with Gasteiger partial charge in [0.2, 0.25) is 0 Å². The van der Waals surface area contributed by atoms with Crippen LogP contribution in [0.1, 0.15) is 5.56 Å². The first-order valence-corrected chi connectivity index (χ1v) is 4.70. The second-order valence-electron chi connectivity index (χ2n) is 3.04. The van der Waals surface area contributed by atoms with E-state index in [4.69, 9.17) is 10.8 Å². The predicted molar refractivity (Wildman–Crippen MR) is 62.9 cm³/mol. The molecule has 0 unspecified atom stereocenters. The number of nitrogens with zero attached hydrogens (tertiary/aromatic N) is 1. The third-order valence-electron chi connectivity index (χ3n) is 1.93. The summed E-state index contributed by atoms with van der Waals surface area (Å²) in [5.41, 5.74) is 7.36. The molecule has 0 aliphatic carbocycles. The van der Waals surface area contributed by atoms with Gasteiger partial charge < -0.3 is 16.2 Å². The Labute approximate surface area is 97.3 Å². The zero-order chi connectivity index (χ0) is 12.8. The molecular weight excluding hydrogens is 224 g/mol. The lowest BCUT2D eigenvalue weighted by atomic mass is 10.1. The Morgan fingerprint density at radius 3 is 2.53 bits per heavy atom. The molecule has 0 atom stereocenters. The van der Waals surface area contributed by atoms with Gasteiger partial charge in [-0.25, -0.2) is 15.0 Å². The summed E-state index contributed by atoms with van der Waals surface area (Å²) >= 11 is 0. The molecule has 1 aromatic carbocycles. The molecule has 0 saturated heterocycles. The third-order valence-corrected chi connectivity index (χ3v) is 1.93. The molecule has 0 aliphatic rings. The SMILES string of the molecule is CNc1ccccc1C(=NNC(N)=O)C(=O)O. The van der Waals surface area contributed by atoms with Crippen molar-refractivity contribution in [3.8, 4) is 0 Å². The van der Waals surface area contributed by atoms with E-state index in [1.807, 2.05) is 5.43 Å². The number of nitrogens with one attached hydrogen (secondary N) is 2. The lowest BCUT2D eigenvalue weighted by Crippen LogP contribution is -2.28. The molecule has 0 heterocycles. The van der Waals surface area contributed by atoms with Gasteiger partial charge in [0.15, 0.2) is 5.71 Å². The van der Waals surface area contributed by atoms with Gasteiger partial charge in [0, 0.05) is 18.3 Å². The van der Waals surface area contributed by atoms with Crippen molar-refractivity contribution in [1.82, 2.24) is 5.43 Å². The Balaban J connectivity index is 3.18. The highest BCUT2D eigenvalue weighted by molar-refractivity contribution is 6.43. The van der Waals surface area contributed by atoms with Crippen LogP contribution in [0.15, 0.2) is 29.4 Å². The van der Waals surface area contributed by atoms with Gasteiger partial charge in [-0.3, -0.25) is 0 Å².